The predicted octanol–water partition coefficient (Wildman–Crippen LogP) is 2.00. The van der Waals surface area contributed by atoms with Gasteiger partial charge in [-0.3, -0.25) is 0 Å². The van der Waals surface area contributed by atoms with Crippen molar-refractivity contribution in [3.63, 3.8) is 0 Å². The molecule has 0 spiro atoms. The zero-order chi connectivity index (χ0) is 13.7. The molecule has 0 aliphatic heterocycles. The van der Waals surface area contributed by atoms with E-state index in [1.807, 2.05) is 6.92 Å². The number of aryl methyl sites for hydroxylation is 1. The average Bonchev–Trinajstić information content (AvgIpc) is 2.27. The second kappa shape index (κ2) is 6.59. The van der Waals surface area contributed by atoms with E-state index in [9.17, 15) is 0 Å². The molecule has 102 valence electrons. The summed E-state index contributed by atoms with van der Waals surface area (Å²) in [5, 5.41) is 0. The zero-order valence-corrected chi connectivity index (χ0v) is 12.3. The largest absolute Gasteiger partial charge is 0.397 e. The summed E-state index contributed by atoms with van der Waals surface area (Å²) in [6, 6.07) is 2.08. The second-order valence-corrected chi connectivity index (χ2v) is 5.54. The first-order chi connectivity index (χ1) is 8.40. The van der Waals surface area contributed by atoms with E-state index in [0.717, 1.165) is 36.7 Å². The van der Waals surface area contributed by atoms with E-state index in [0.29, 0.717) is 5.92 Å². The lowest BCUT2D eigenvalue weighted by Crippen LogP contribution is -2.35. The maximum Gasteiger partial charge on any atom is 0.128 e. The van der Waals surface area contributed by atoms with Gasteiger partial charge in [-0.25, -0.2) is 4.98 Å². The van der Waals surface area contributed by atoms with Gasteiger partial charge in [0.2, 0.25) is 0 Å². The third kappa shape index (κ3) is 4.53. The van der Waals surface area contributed by atoms with Gasteiger partial charge in [0, 0.05) is 19.6 Å². The van der Waals surface area contributed by atoms with Crippen molar-refractivity contribution in [1.82, 2.24) is 9.88 Å². The van der Waals surface area contributed by atoms with Crippen molar-refractivity contribution in [3.05, 3.63) is 17.8 Å². The van der Waals surface area contributed by atoms with Gasteiger partial charge in [0.05, 0.1) is 11.9 Å². The van der Waals surface area contributed by atoms with Crippen molar-refractivity contribution in [2.24, 2.45) is 5.92 Å². The predicted molar refractivity (Wildman–Crippen MR) is 79.0 cm³/mol. The number of aromatic nitrogens is 1. The van der Waals surface area contributed by atoms with Gasteiger partial charge in [-0.1, -0.05) is 13.8 Å². The standard InChI is InChI=1S/C14H26N4/c1-11(2)10-18(7-6-17(4)5)14-8-12(3)13(15)9-16-14/h8-9,11H,6-7,10,15H2,1-5H3. The van der Waals surface area contributed by atoms with Crippen LogP contribution < -0.4 is 10.6 Å². The minimum Gasteiger partial charge on any atom is -0.397 e. The molecule has 0 saturated carbocycles. The molecule has 0 saturated heterocycles. The maximum atomic E-state index is 5.82. The fourth-order valence-electron chi connectivity index (χ4n) is 1.79. The summed E-state index contributed by atoms with van der Waals surface area (Å²) < 4.78 is 0. The highest BCUT2D eigenvalue weighted by Crippen LogP contribution is 2.18. The molecule has 0 unspecified atom stereocenters. The Balaban J connectivity index is 2.83. The van der Waals surface area contributed by atoms with Crippen LogP contribution >= 0.6 is 0 Å². The molecular formula is C14H26N4. The van der Waals surface area contributed by atoms with Gasteiger partial charge in [0.15, 0.2) is 0 Å². The molecule has 4 nitrogen and oxygen atoms in total. The molecule has 0 aliphatic carbocycles. The van der Waals surface area contributed by atoms with Gasteiger partial charge in [0.25, 0.3) is 0 Å². The highest BCUT2D eigenvalue weighted by molar-refractivity contribution is 5.52. The summed E-state index contributed by atoms with van der Waals surface area (Å²) in [5.41, 5.74) is 7.68. The number of nitrogens with zero attached hydrogens (tertiary/aromatic N) is 3. The van der Waals surface area contributed by atoms with E-state index in [1.54, 1.807) is 6.20 Å². The van der Waals surface area contributed by atoms with Crippen LogP contribution in [0.15, 0.2) is 12.3 Å². The van der Waals surface area contributed by atoms with E-state index in [1.165, 1.54) is 0 Å². The Morgan fingerprint density at radius 2 is 1.94 bits per heavy atom. The Labute approximate surface area is 111 Å². The number of nitrogen functional groups attached to an aromatic ring is 1. The van der Waals surface area contributed by atoms with Crippen LogP contribution in [0.2, 0.25) is 0 Å². The Bertz CT molecular complexity index is 374. The van der Waals surface area contributed by atoms with Crippen LogP contribution in [-0.2, 0) is 0 Å². The van der Waals surface area contributed by atoms with Crippen molar-refractivity contribution in [3.8, 4) is 0 Å². The Hall–Kier alpha value is -1.29. The summed E-state index contributed by atoms with van der Waals surface area (Å²) in [6.07, 6.45) is 1.76. The first-order valence-electron chi connectivity index (χ1n) is 6.52. The minimum atomic E-state index is 0.617. The number of likely N-dealkylation sites (N-methyl/N-ethyl adjacent to an activating group) is 1. The van der Waals surface area contributed by atoms with Gasteiger partial charge in [-0.05, 0) is 38.6 Å². The highest BCUT2D eigenvalue weighted by Gasteiger charge is 2.11. The monoisotopic (exact) mass is 250 g/mol. The van der Waals surface area contributed by atoms with E-state index < -0.39 is 0 Å². The first kappa shape index (κ1) is 14.8. The molecule has 0 atom stereocenters. The van der Waals surface area contributed by atoms with Gasteiger partial charge in [-0.2, -0.15) is 0 Å². The number of hydrogen-bond donors (Lipinski definition) is 1. The lowest BCUT2D eigenvalue weighted by molar-refractivity contribution is 0.408. The average molecular weight is 250 g/mol. The summed E-state index contributed by atoms with van der Waals surface area (Å²) in [7, 11) is 4.18. The number of pyridine rings is 1. The number of anilines is 2. The van der Waals surface area contributed by atoms with Gasteiger partial charge >= 0.3 is 0 Å². The van der Waals surface area contributed by atoms with Crippen LogP contribution in [0, 0.1) is 12.8 Å². The van der Waals surface area contributed by atoms with E-state index >= 15 is 0 Å². The maximum absolute atomic E-state index is 5.82. The van der Waals surface area contributed by atoms with Crippen molar-refractivity contribution < 1.29 is 0 Å². The summed E-state index contributed by atoms with van der Waals surface area (Å²) in [5.74, 6) is 1.64. The first-order valence-corrected chi connectivity index (χ1v) is 6.52. The number of rotatable bonds is 6. The molecule has 1 aromatic heterocycles. The van der Waals surface area contributed by atoms with Gasteiger partial charge in [-0.15, -0.1) is 0 Å². The minimum absolute atomic E-state index is 0.617. The molecule has 0 radical (unpaired) electrons. The SMILES string of the molecule is Cc1cc(N(CCN(C)C)CC(C)C)ncc1N. The van der Waals surface area contributed by atoms with Crippen LogP contribution in [0.3, 0.4) is 0 Å². The third-order valence-corrected chi connectivity index (χ3v) is 2.86. The van der Waals surface area contributed by atoms with Crippen LogP contribution in [0.25, 0.3) is 0 Å². The molecule has 0 amide bonds. The number of nitrogens with two attached hydrogens (primary N) is 1. The molecular weight excluding hydrogens is 224 g/mol. The fourth-order valence-corrected chi connectivity index (χ4v) is 1.79. The van der Waals surface area contributed by atoms with Crippen LogP contribution in [-0.4, -0.2) is 43.6 Å². The van der Waals surface area contributed by atoms with E-state index in [2.05, 4.69) is 48.8 Å². The smallest absolute Gasteiger partial charge is 0.128 e. The van der Waals surface area contributed by atoms with Gasteiger partial charge in [0.1, 0.15) is 5.82 Å². The summed E-state index contributed by atoms with van der Waals surface area (Å²) >= 11 is 0. The molecule has 0 aliphatic rings. The zero-order valence-electron chi connectivity index (χ0n) is 12.3. The lowest BCUT2D eigenvalue weighted by atomic mass is 10.2. The number of hydrogen-bond acceptors (Lipinski definition) is 4. The summed E-state index contributed by atoms with van der Waals surface area (Å²) in [6.45, 7) is 9.52. The quantitative estimate of drug-likeness (QED) is 0.839. The topological polar surface area (TPSA) is 45.4 Å². The van der Waals surface area contributed by atoms with E-state index in [-0.39, 0.29) is 0 Å². The lowest BCUT2D eigenvalue weighted by Gasteiger charge is -2.27. The van der Waals surface area contributed by atoms with Crippen molar-refractivity contribution in [2.75, 3.05) is 44.4 Å². The second-order valence-electron chi connectivity index (χ2n) is 5.54. The normalized spacial score (nSPS) is 11.3. The van der Waals surface area contributed by atoms with Crippen molar-refractivity contribution in [2.45, 2.75) is 20.8 Å². The van der Waals surface area contributed by atoms with Crippen molar-refractivity contribution >= 4 is 11.5 Å². The Kier molecular flexibility index (Phi) is 5.41. The molecule has 1 heterocycles. The molecule has 2 N–H and O–H groups in total. The Morgan fingerprint density at radius 1 is 1.28 bits per heavy atom. The van der Waals surface area contributed by atoms with Gasteiger partial charge < -0.3 is 15.5 Å². The van der Waals surface area contributed by atoms with Crippen LogP contribution in [0.1, 0.15) is 19.4 Å². The van der Waals surface area contributed by atoms with Crippen molar-refractivity contribution in [1.29, 1.82) is 0 Å². The molecule has 18 heavy (non-hydrogen) atoms. The van der Waals surface area contributed by atoms with E-state index in [4.69, 9.17) is 5.73 Å². The molecule has 0 fully saturated rings. The molecule has 1 rings (SSSR count). The molecule has 0 bridgehead atoms. The van der Waals surface area contributed by atoms with Crippen LogP contribution in [0.4, 0.5) is 11.5 Å². The Morgan fingerprint density at radius 3 is 2.44 bits per heavy atom. The highest BCUT2D eigenvalue weighted by atomic mass is 15.2. The third-order valence-electron chi connectivity index (χ3n) is 2.86. The molecule has 1 aromatic rings. The molecule has 0 aromatic carbocycles. The van der Waals surface area contributed by atoms with Crippen LogP contribution in [0.5, 0.6) is 0 Å². The molecule has 4 heteroatoms. The fraction of sp³-hybridized carbons (Fsp3) is 0.643. The summed E-state index contributed by atoms with van der Waals surface area (Å²) in [4.78, 5) is 8.98.